The maximum absolute atomic E-state index is 14.6. The summed E-state index contributed by atoms with van der Waals surface area (Å²) in [4.78, 5) is 30.4. The normalized spacial score (nSPS) is 14.3. The zero-order valence-corrected chi connectivity index (χ0v) is 28.5. The minimum Gasteiger partial charge on any atom is -0.352 e. The van der Waals surface area contributed by atoms with Crippen LogP contribution < -0.4 is 9.62 Å². The van der Waals surface area contributed by atoms with Gasteiger partial charge in [-0.15, -0.1) is 0 Å². The number of rotatable bonds is 12. The van der Waals surface area contributed by atoms with Crippen molar-refractivity contribution in [2.45, 2.75) is 75.9 Å². The van der Waals surface area contributed by atoms with E-state index in [1.165, 1.54) is 12.1 Å². The Morgan fingerprint density at radius 3 is 2.00 bits per heavy atom. The number of aryl methyl sites for hydroxylation is 2. The molecule has 1 aliphatic rings. The number of benzene rings is 4. The topological polar surface area (TPSA) is 86.8 Å². The standard InChI is InChI=1S/C38H42ClN3O4S/c1-28-13-17-31(18-14-28)26-41(36(25-30-9-5-3-6-10-30)38(44)40-33-11-7-4-8-12-33)37(43)27-42(34-21-19-32(39)20-22-34)47(45,46)35-23-15-29(2)16-24-35/h3,5-6,9-10,13-24,33,36H,4,7-8,11-12,25-27H2,1-2H3,(H,40,44)/t36-/m0/s1. The van der Waals surface area contributed by atoms with E-state index in [9.17, 15) is 18.0 Å². The lowest BCUT2D eigenvalue weighted by molar-refractivity contribution is -0.140. The number of anilines is 1. The van der Waals surface area contributed by atoms with Crippen LogP contribution in [0.5, 0.6) is 0 Å². The second-order valence-electron chi connectivity index (χ2n) is 12.4. The highest BCUT2D eigenvalue weighted by Gasteiger charge is 2.35. The number of sulfonamides is 1. The van der Waals surface area contributed by atoms with Crippen LogP contribution in [0.4, 0.5) is 5.69 Å². The molecule has 0 aromatic heterocycles. The first-order valence-electron chi connectivity index (χ1n) is 16.1. The van der Waals surface area contributed by atoms with Crippen LogP contribution in [0.15, 0.2) is 108 Å². The highest BCUT2D eigenvalue weighted by Crippen LogP contribution is 2.27. The van der Waals surface area contributed by atoms with Crippen LogP contribution >= 0.6 is 11.6 Å². The van der Waals surface area contributed by atoms with Crippen LogP contribution in [0.3, 0.4) is 0 Å². The Morgan fingerprint density at radius 1 is 0.787 bits per heavy atom. The van der Waals surface area contributed by atoms with Crippen LogP contribution in [-0.4, -0.2) is 43.8 Å². The van der Waals surface area contributed by atoms with Gasteiger partial charge >= 0.3 is 0 Å². The third-order valence-corrected chi connectivity index (χ3v) is 10.7. The molecule has 4 aromatic rings. The van der Waals surface area contributed by atoms with Crippen molar-refractivity contribution in [2.75, 3.05) is 10.8 Å². The summed E-state index contributed by atoms with van der Waals surface area (Å²) in [5.74, 6) is -0.725. The van der Waals surface area contributed by atoms with Crippen LogP contribution in [-0.2, 0) is 32.6 Å². The fourth-order valence-electron chi connectivity index (χ4n) is 5.96. The molecule has 0 radical (unpaired) electrons. The van der Waals surface area contributed by atoms with Crippen molar-refractivity contribution in [2.24, 2.45) is 0 Å². The lowest BCUT2D eigenvalue weighted by Gasteiger charge is -2.35. The van der Waals surface area contributed by atoms with Gasteiger partial charge in [-0.1, -0.05) is 109 Å². The fraction of sp³-hybridized carbons (Fsp3) is 0.316. The van der Waals surface area contributed by atoms with Crippen molar-refractivity contribution < 1.29 is 18.0 Å². The van der Waals surface area contributed by atoms with Gasteiger partial charge in [0.2, 0.25) is 11.8 Å². The van der Waals surface area contributed by atoms with Gasteiger partial charge in [-0.25, -0.2) is 8.42 Å². The average Bonchev–Trinajstić information content (AvgIpc) is 3.07. The molecule has 0 saturated heterocycles. The maximum atomic E-state index is 14.6. The lowest BCUT2D eigenvalue weighted by atomic mass is 9.94. The number of hydrogen-bond acceptors (Lipinski definition) is 4. The van der Waals surface area contributed by atoms with Gasteiger partial charge < -0.3 is 10.2 Å². The van der Waals surface area contributed by atoms with E-state index in [-0.39, 0.29) is 29.8 Å². The first kappa shape index (κ1) is 34.2. The minimum absolute atomic E-state index is 0.0401. The first-order valence-corrected chi connectivity index (χ1v) is 18.0. The van der Waals surface area contributed by atoms with Crippen molar-refractivity contribution in [3.05, 3.63) is 130 Å². The summed E-state index contributed by atoms with van der Waals surface area (Å²) in [6, 6.07) is 29.5. The lowest BCUT2D eigenvalue weighted by Crippen LogP contribution is -2.55. The molecular weight excluding hydrogens is 630 g/mol. The van der Waals surface area contributed by atoms with E-state index in [2.05, 4.69) is 5.32 Å². The van der Waals surface area contributed by atoms with E-state index >= 15 is 0 Å². The summed E-state index contributed by atoms with van der Waals surface area (Å²) in [5.41, 5.74) is 4.02. The molecule has 0 bridgehead atoms. The van der Waals surface area contributed by atoms with Gasteiger partial charge in [0.05, 0.1) is 10.6 Å². The second-order valence-corrected chi connectivity index (χ2v) is 14.7. The van der Waals surface area contributed by atoms with E-state index in [0.717, 1.165) is 58.7 Å². The molecule has 246 valence electrons. The van der Waals surface area contributed by atoms with Crippen molar-refractivity contribution in [3.8, 4) is 0 Å². The molecule has 47 heavy (non-hydrogen) atoms. The molecule has 1 atom stereocenters. The molecule has 1 N–H and O–H groups in total. The molecule has 0 unspecified atom stereocenters. The van der Waals surface area contributed by atoms with Gasteiger partial charge in [0.1, 0.15) is 12.6 Å². The Balaban J connectivity index is 1.55. The average molecular weight is 672 g/mol. The number of hydrogen-bond donors (Lipinski definition) is 1. The molecule has 1 fully saturated rings. The van der Waals surface area contributed by atoms with Gasteiger partial charge in [0, 0.05) is 24.0 Å². The number of carbonyl (C=O) groups excluding carboxylic acids is 2. The number of nitrogens with one attached hydrogen (secondary N) is 1. The monoisotopic (exact) mass is 671 g/mol. The Morgan fingerprint density at radius 2 is 1.38 bits per heavy atom. The van der Waals surface area contributed by atoms with Crippen molar-refractivity contribution in [1.29, 1.82) is 0 Å². The number of nitrogens with zero attached hydrogens (tertiary/aromatic N) is 2. The smallest absolute Gasteiger partial charge is 0.264 e. The first-order chi connectivity index (χ1) is 22.6. The molecule has 7 nitrogen and oxygen atoms in total. The Labute approximate surface area is 283 Å². The van der Waals surface area contributed by atoms with Gasteiger partial charge in [-0.05, 0) is 74.2 Å². The molecule has 1 saturated carbocycles. The van der Waals surface area contributed by atoms with Crippen LogP contribution in [0, 0.1) is 13.8 Å². The number of amides is 2. The summed E-state index contributed by atoms with van der Waals surface area (Å²) < 4.78 is 29.5. The largest absolute Gasteiger partial charge is 0.352 e. The van der Waals surface area contributed by atoms with Crippen molar-refractivity contribution >= 4 is 39.1 Å². The summed E-state index contributed by atoms with van der Waals surface area (Å²) in [5, 5.41) is 3.68. The number of carbonyl (C=O) groups is 2. The maximum Gasteiger partial charge on any atom is 0.264 e. The van der Waals surface area contributed by atoms with E-state index < -0.39 is 28.5 Å². The third-order valence-electron chi connectivity index (χ3n) is 8.70. The summed E-state index contributed by atoms with van der Waals surface area (Å²) in [6.45, 7) is 3.49. The highest BCUT2D eigenvalue weighted by atomic mass is 35.5. The summed E-state index contributed by atoms with van der Waals surface area (Å²) in [6.07, 6.45) is 5.32. The Bertz CT molecular complexity index is 1740. The molecule has 0 aliphatic heterocycles. The fourth-order valence-corrected chi connectivity index (χ4v) is 7.50. The van der Waals surface area contributed by atoms with Gasteiger partial charge in [-0.2, -0.15) is 0 Å². The van der Waals surface area contributed by atoms with E-state index in [4.69, 9.17) is 11.6 Å². The van der Waals surface area contributed by atoms with Crippen LogP contribution in [0.25, 0.3) is 0 Å². The van der Waals surface area contributed by atoms with E-state index in [1.807, 2.05) is 68.4 Å². The van der Waals surface area contributed by atoms with Crippen LogP contribution in [0.2, 0.25) is 5.02 Å². The zero-order valence-electron chi connectivity index (χ0n) is 26.9. The zero-order chi connectivity index (χ0) is 33.4. The minimum atomic E-state index is -4.18. The van der Waals surface area contributed by atoms with Crippen LogP contribution in [0.1, 0.15) is 54.4 Å². The van der Waals surface area contributed by atoms with E-state index in [0.29, 0.717) is 10.7 Å². The third kappa shape index (κ3) is 9.02. The van der Waals surface area contributed by atoms with Crippen molar-refractivity contribution in [3.63, 3.8) is 0 Å². The molecule has 1 aliphatic carbocycles. The molecule has 2 amide bonds. The summed E-state index contributed by atoms with van der Waals surface area (Å²) >= 11 is 6.17. The SMILES string of the molecule is Cc1ccc(CN(C(=O)CN(c2ccc(Cl)cc2)S(=O)(=O)c2ccc(C)cc2)[C@@H](Cc2ccccc2)C(=O)NC2CCCCC2)cc1. The molecule has 0 spiro atoms. The molecule has 5 rings (SSSR count). The molecule has 4 aromatic carbocycles. The second kappa shape index (κ2) is 15.6. The Hall–Kier alpha value is -4.14. The molecular formula is C38H42ClN3O4S. The number of halogens is 1. The molecule has 9 heteroatoms. The molecule has 0 heterocycles. The van der Waals surface area contributed by atoms with Gasteiger partial charge in [-0.3, -0.25) is 13.9 Å². The highest BCUT2D eigenvalue weighted by molar-refractivity contribution is 7.92. The summed E-state index contributed by atoms with van der Waals surface area (Å²) in [7, 11) is -4.18. The quantitative estimate of drug-likeness (QED) is 0.172. The van der Waals surface area contributed by atoms with Gasteiger partial charge in [0.15, 0.2) is 0 Å². The predicted molar refractivity (Wildman–Crippen MR) is 188 cm³/mol. The predicted octanol–water partition coefficient (Wildman–Crippen LogP) is 7.24. The Kier molecular flexibility index (Phi) is 11.4. The van der Waals surface area contributed by atoms with Crippen molar-refractivity contribution in [1.82, 2.24) is 10.2 Å². The van der Waals surface area contributed by atoms with E-state index in [1.54, 1.807) is 41.3 Å². The van der Waals surface area contributed by atoms with Gasteiger partial charge in [0.25, 0.3) is 10.0 Å².